The fraction of sp³-hybridized carbons (Fsp3) is 0.316. The highest BCUT2D eigenvalue weighted by Gasteiger charge is 2.10. The molecule has 2 nitrogen and oxygen atoms in total. The number of aromatic nitrogens is 2. The predicted octanol–water partition coefficient (Wildman–Crippen LogP) is 5.67. The van der Waals surface area contributed by atoms with E-state index in [1.807, 2.05) is 50.4 Å². The van der Waals surface area contributed by atoms with Gasteiger partial charge in [-0.05, 0) is 26.0 Å². The molecule has 112 valence electrons. The summed E-state index contributed by atoms with van der Waals surface area (Å²) < 4.78 is 2.01. The lowest BCUT2D eigenvalue weighted by Gasteiger charge is -1.96. The van der Waals surface area contributed by atoms with Crippen molar-refractivity contribution in [1.82, 2.24) is 9.61 Å². The van der Waals surface area contributed by atoms with E-state index in [1.165, 1.54) is 16.6 Å². The third kappa shape index (κ3) is 3.52. The normalized spacial score (nSPS) is 9.43. The Morgan fingerprint density at radius 1 is 0.762 bits per heavy atom. The number of aryl methyl sites for hydroxylation is 2. The standard InChI is InChI=1S/C15H14N2.2C2H6/c1-11-7-6-10-14-12(2)15(16-17(11)14)13-8-4-3-5-9-13;2*1-2/h3-10H,1-2H3;2*1-2H3. The summed E-state index contributed by atoms with van der Waals surface area (Å²) in [5, 5.41) is 4.70. The fourth-order valence-electron chi connectivity index (χ4n) is 2.19. The third-order valence-corrected chi connectivity index (χ3v) is 3.14. The maximum Gasteiger partial charge on any atom is 0.0962 e. The molecule has 3 aromatic rings. The van der Waals surface area contributed by atoms with E-state index in [-0.39, 0.29) is 0 Å². The molecule has 0 saturated carbocycles. The Kier molecular flexibility index (Phi) is 6.67. The van der Waals surface area contributed by atoms with Gasteiger partial charge in [0.1, 0.15) is 0 Å². The van der Waals surface area contributed by atoms with Crippen molar-refractivity contribution in [2.24, 2.45) is 0 Å². The van der Waals surface area contributed by atoms with Crippen molar-refractivity contribution in [2.75, 3.05) is 0 Å². The molecule has 0 aliphatic carbocycles. The van der Waals surface area contributed by atoms with Crippen LogP contribution in [0.4, 0.5) is 0 Å². The minimum absolute atomic E-state index is 1.07. The van der Waals surface area contributed by atoms with E-state index in [9.17, 15) is 0 Å². The summed E-state index contributed by atoms with van der Waals surface area (Å²) in [5.41, 5.74) is 5.82. The summed E-state index contributed by atoms with van der Waals surface area (Å²) in [6.45, 7) is 12.2. The molecule has 0 spiro atoms. The van der Waals surface area contributed by atoms with E-state index in [1.54, 1.807) is 0 Å². The number of hydrogen-bond donors (Lipinski definition) is 0. The molecule has 0 N–H and O–H groups in total. The highest BCUT2D eigenvalue weighted by atomic mass is 15.2. The quantitative estimate of drug-likeness (QED) is 0.562. The average molecular weight is 282 g/mol. The molecule has 0 unspecified atom stereocenters. The number of fused-ring (bicyclic) bond motifs is 1. The van der Waals surface area contributed by atoms with Gasteiger partial charge in [-0.25, -0.2) is 4.52 Å². The summed E-state index contributed by atoms with van der Waals surface area (Å²) in [4.78, 5) is 0. The Hall–Kier alpha value is -2.09. The lowest BCUT2D eigenvalue weighted by molar-refractivity contribution is 0.918. The van der Waals surface area contributed by atoms with E-state index in [2.05, 4.69) is 44.2 Å². The maximum atomic E-state index is 4.70. The first-order valence-electron chi connectivity index (χ1n) is 7.78. The van der Waals surface area contributed by atoms with Crippen LogP contribution in [-0.4, -0.2) is 9.61 Å². The molecule has 3 rings (SSSR count). The molecular formula is C19H26N2. The molecule has 0 radical (unpaired) electrons. The smallest absolute Gasteiger partial charge is 0.0962 e. The van der Waals surface area contributed by atoms with Gasteiger partial charge in [0, 0.05) is 16.8 Å². The second-order valence-electron chi connectivity index (χ2n) is 4.30. The Labute approximate surface area is 128 Å². The minimum atomic E-state index is 1.07. The van der Waals surface area contributed by atoms with Crippen molar-refractivity contribution >= 4 is 5.52 Å². The molecule has 0 aliphatic rings. The van der Waals surface area contributed by atoms with E-state index in [0.717, 1.165) is 11.4 Å². The van der Waals surface area contributed by atoms with E-state index < -0.39 is 0 Å². The van der Waals surface area contributed by atoms with Crippen LogP contribution in [0.25, 0.3) is 16.8 Å². The predicted molar refractivity (Wildman–Crippen MR) is 92.8 cm³/mol. The minimum Gasteiger partial charge on any atom is -0.237 e. The van der Waals surface area contributed by atoms with E-state index in [4.69, 9.17) is 5.10 Å². The number of pyridine rings is 1. The zero-order valence-electron chi connectivity index (χ0n) is 14.0. The van der Waals surface area contributed by atoms with Crippen molar-refractivity contribution in [1.29, 1.82) is 0 Å². The fourth-order valence-corrected chi connectivity index (χ4v) is 2.19. The van der Waals surface area contributed by atoms with E-state index >= 15 is 0 Å². The Balaban J connectivity index is 0.000000510. The first-order chi connectivity index (χ1) is 10.3. The lowest BCUT2D eigenvalue weighted by atomic mass is 10.1. The first kappa shape index (κ1) is 17.0. The molecule has 2 heteroatoms. The maximum absolute atomic E-state index is 4.70. The zero-order chi connectivity index (χ0) is 15.8. The second kappa shape index (κ2) is 8.25. The average Bonchev–Trinajstić information content (AvgIpc) is 2.91. The van der Waals surface area contributed by atoms with Crippen molar-refractivity contribution in [3.63, 3.8) is 0 Å². The molecule has 0 bridgehead atoms. The van der Waals surface area contributed by atoms with Gasteiger partial charge in [-0.15, -0.1) is 0 Å². The van der Waals surface area contributed by atoms with Crippen LogP contribution in [0.15, 0.2) is 48.5 Å². The summed E-state index contributed by atoms with van der Waals surface area (Å²) in [7, 11) is 0. The van der Waals surface area contributed by atoms with Crippen LogP contribution in [-0.2, 0) is 0 Å². The number of nitrogens with zero attached hydrogens (tertiary/aromatic N) is 2. The molecule has 0 saturated heterocycles. The summed E-state index contributed by atoms with van der Waals surface area (Å²) in [6, 6.07) is 16.6. The molecule has 21 heavy (non-hydrogen) atoms. The summed E-state index contributed by atoms with van der Waals surface area (Å²) >= 11 is 0. The Morgan fingerprint density at radius 3 is 1.95 bits per heavy atom. The zero-order valence-corrected chi connectivity index (χ0v) is 14.0. The molecule has 2 aromatic heterocycles. The van der Waals surface area contributed by atoms with Gasteiger partial charge in [-0.2, -0.15) is 5.10 Å². The van der Waals surface area contributed by atoms with Crippen molar-refractivity contribution in [2.45, 2.75) is 41.5 Å². The largest absolute Gasteiger partial charge is 0.237 e. The van der Waals surface area contributed by atoms with Crippen LogP contribution in [0.2, 0.25) is 0 Å². The van der Waals surface area contributed by atoms with Gasteiger partial charge in [-0.3, -0.25) is 0 Å². The SMILES string of the molecule is CC.CC.Cc1c(-c2ccccc2)nn2c(C)cccc12. The lowest BCUT2D eigenvalue weighted by Crippen LogP contribution is -1.91. The van der Waals surface area contributed by atoms with Gasteiger partial charge in [-0.1, -0.05) is 64.1 Å². The van der Waals surface area contributed by atoms with Gasteiger partial charge in [0.2, 0.25) is 0 Å². The van der Waals surface area contributed by atoms with Gasteiger partial charge in [0.05, 0.1) is 11.2 Å². The van der Waals surface area contributed by atoms with E-state index in [0.29, 0.717) is 0 Å². The molecule has 2 heterocycles. The monoisotopic (exact) mass is 282 g/mol. The third-order valence-electron chi connectivity index (χ3n) is 3.14. The second-order valence-corrected chi connectivity index (χ2v) is 4.30. The van der Waals surface area contributed by atoms with Crippen LogP contribution in [0, 0.1) is 13.8 Å². The molecule has 0 amide bonds. The topological polar surface area (TPSA) is 17.3 Å². The molecule has 0 fully saturated rings. The summed E-state index contributed by atoms with van der Waals surface area (Å²) in [6.07, 6.45) is 0. The molecule has 0 atom stereocenters. The van der Waals surface area contributed by atoms with Crippen molar-refractivity contribution < 1.29 is 0 Å². The van der Waals surface area contributed by atoms with Crippen LogP contribution in [0.5, 0.6) is 0 Å². The van der Waals surface area contributed by atoms with Crippen LogP contribution in [0.3, 0.4) is 0 Å². The Morgan fingerprint density at radius 2 is 1.38 bits per heavy atom. The molecular weight excluding hydrogens is 256 g/mol. The van der Waals surface area contributed by atoms with Crippen LogP contribution < -0.4 is 0 Å². The highest BCUT2D eigenvalue weighted by molar-refractivity contribution is 5.72. The van der Waals surface area contributed by atoms with Crippen LogP contribution >= 0.6 is 0 Å². The van der Waals surface area contributed by atoms with Crippen molar-refractivity contribution in [3.05, 3.63) is 59.8 Å². The van der Waals surface area contributed by atoms with Gasteiger partial charge < -0.3 is 0 Å². The highest BCUT2D eigenvalue weighted by Crippen LogP contribution is 2.25. The Bertz CT molecular complexity index is 667. The first-order valence-corrected chi connectivity index (χ1v) is 7.78. The van der Waals surface area contributed by atoms with Crippen LogP contribution in [0.1, 0.15) is 39.0 Å². The van der Waals surface area contributed by atoms with Crippen molar-refractivity contribution in [3.8, 4) is 11.3 Å². The number of benzene rings is 1. The summed E-state index contributed by atoms with van der Waals surface area (Å²) in [5.74, 6) is 0. The van der Waals surface area contributed by atoms with Gasteiger partial charge in [0.25, 0.3) is 0 Å². The molecule has 0 aliphatic heterocycles. The van der Waals surface area contributed by atoms with Gasteiger partial charge in [0.15, 0.2) is 0 Å². The molecule has 1 aromatic carbocycles. The number of rotatable bonds is 1. The van der Waals surface area contributed by atoms with Gasteiger partial charge >= 0.3 is 0 Å². The number of hydrogen-bond acceptors (Lipinski definition) is 1.